The highest BCUT2D eigenvalue weighted by Gasteiger charge is 2.20. The lowest BCUT2D eigenvalue weighted by Gasteiger charge is -2.32. The van der Waals surface area contributed by atoms with Crippen molar-refractivity contribution in [1.29, 1.82) is 0 Å². The van der Waals surface area contributed by atoms with Crippen molar-refractivity contribution in [1.82, 2.24) is 9.97 Å². The van der Waals surface area contributed by atoms with Crippen molar-refractivity contribution < 1.29 is 5.11 Å². The van der Waals surface area contributed by atoms with Gasteiger partial charge in [-0.1, -0.05) is 0 Å². The summed E-state index contributed by atoms with van der Waals surface area (Å²) < 4.78 is 0. The van der Waals surface area contributed by atoms with Gasteiger partial charge in [-0.15, -0.1) is 0 Å². The predicted octanol–water partition coefficient (Wildman–Crippen LogP) is 1.30. The van der Waals surface area contributed by atoms with Crippen molar-refractivity contribution in [3.63, 3.8) is 0 Å². The molecule has 2 rings (SSSR count). The fraction of sp³-hybridized carbons (Fsp3) is 0.667. The molecule has 0 unspecified atom stereocenters. The van der Waals surface area contributed by atoms with Gasteiger partial charge in [-0.3, -0.25) is 0 Å². The lowest BCUT2D eigenvalue weighted by molar-refractivity contribution is 0.208. The van der Waals surface area contributed by atoms with Crippen LogP contribution in [0.25, 0.3) is 0 Å². The summed E-state index contributed by atoms with van der Waals surface area (Å²) in [5.41, 5.74) is 1.01. The van der Waals surface area contributed by atoms with Gasteiger partial charge in [0.25, 0.3) is 0 Å². The van der Waals surface area contributed by atoms with E-state index < -0.39 is 0 Å². The number of piperidine rings is 1. The summed E-state index contributed by atoms with van der Waals surface area (Å²) in [4.78, 5) is 11.0. The summed E-state index contributed by atoms with van der Waals surface area (Å²) >= 11 is 0. The van der Waals surface area contributed by atoms with Crippen LogP contribution in [-0.2, 0) is 0 Å². The summed E-state index contributed by atoms with van der Waals surface area (Å²) in [6.07, 6.45) is 2.25. The molecule has 4 heteroatoms. The third kappa shape index (κ3) is 2.50. The Bertz CT molecular complexity index is 347. The molecule has 1 aromatic rings. The minimum absolute atomic E-state index is 0.277. The number of hydrogen-bond acceptors (Lipinski definition) is 4. The Balaban J connectivity index is 2.16. The largest absolute Gasteiger partial charge is 0.396 e. The molecule has 4 nitrogen and oxygen atoms in total. The number of aryl methyl sites for hydroxylation is 2. The summed E-state index contributed by atoms with van der Waals surface area (Å²) in [6.45, 7) is 6.13. The van der Waals surface area contributed by atoms with Crippen molar-refractivity contribution in [3.8, 4) is 0 Å². The summed E-state index contributed by atoms with van der Waals surface area (Å²) in [5, 5.41) is 9.21. The third-order valence-corrected chi connectivity index (χ3v) is 3.05. The van der Waals surface area contributed by atoms with Crippen molar-refractivity contribution in [2.75, 3.05) is 24.6 Å². The van der Waals surface area contributed by atoms with Crippen LogP contribution in [0.4, 0.5) is 5.82 Å². The standard InChI is InChI=1S/C12H19N3O/c1-9-6-12(14-10(2)13-9)15-5-3-4-11(7-15)8-16/h6,11,16H,3-5,7-8H2,1-2H3/t11-/m0/s1. The van der Waals surface area contributed by atoms with Gasteiger partial charge in [0.05, 0.1) is 0 Å². The molecule has 1 N–H and O–H groups in total. The first-order valence-electron chi connectivity index (χ1n) is 5.87. The highest BCUT2D eigenvalue weighted by atomic mass is 16.3. The monoisotopic (exact) mass is 221 g/mol. The normalized spacial score (nSPS) is 21.2. The fourth-order valence-electron chi connectivity index (χ4n) is 2.28. The SMILES string of the molecule is Cc1cc(N2CCC[C@H](CO)C2)nc(C)n1. The molecule has 0 spiro atoms. The molecule has 1 fully saturated rings. The van der Waals surface area contributed by atoms with E-state index >= 15 is 0 Å². The van der Waals surface area contributed by atoms with Gasteiger partial charge in [-0.2, -0.15) is 0 Å². The Hall–Kier alpha value is -1.16. The summed E-state index contributed by atoms with van der Waals surface area (Å²) in [7, 11) is 0. The number of hydrogen-bond donors (Lipinski definition) is 1. The molecule has 1 aliphatic heterocycles. The van der Waals surface area contributed by atoms with Crippen LogP contribution in [0.15, 0.2) is 6.07 Å². The second-order valence-corrected chi connectivity index (χ2v) is 4.55. The molecule has 0 aromatic carbocycles. The Morgan fingerprint density at radius 3 is 2.94 bits per heavy atom. The molecule has 0 saturated carbocycles. The molecule has 1 atom stereocenters. The zero-order chi connectivity index (χ0) is 11.5. The van der Waals surface area contributed by atoms with Crippen LogP contribution in [0.1, 0.15) is 24.4 Å². The van der Waals surface area contributed by atoms with Crippen molar-refractivity contribution >= 4 is 5.82 Å². The molecule has 1 saturated heterocycles. The molecular formula is C12H19N3O. The highest BCUT2D eigenvalue weighted by molar-refractivity contribution is 5.40. The van der Waals surface area contributed by atoms with E-state index in [0.29, 0.717) is 5.92 Å². The molecule has 1 aliphatic rings. The smallest absolute Gasteiger partial charge is 0.132 e. The van der Waals surface area contributed by atoms with Gasteiger partial charge in [-0.25, -0.2) is 9.97 Å². The van der Waals surface area contributed by atoms with Crippen molar-refractivity contribution in [2.45, 2.75) is 26.7 Å². The average Bonchev–Trinajstić information content (AvgIpc) is 2.28. The van der Waals surface area contributed by atoms with E-state index in [1.54, 1.807) is 0 Å². The van der Waals surface area contributed by atoms with E-state index in [0.717, 1.165) is 43.3 Å². The van der Waals surface area contributed by atoms with Gasteiger partial charge in [0.1, 0.15) is 11.6 Å². The van der Waals surface area contributed by atoms with Crippen molar-refractivity contribution in [2.24, 2.45) is 5.92 Å². The van der Waals surface area contributed by atoms with E-state index in [1.807, 2.05) is 19.9 Å². The third-order valence-electron chi connectivity index (χ3n) is 3.05. The first-order chi connectivity index (χ1) is 7.69. The molecule has 0 aliphatic carbocycles. The maximum atomic E-state index is 9.21. The number of aliphatic hydroxyl groups is 1. The zero-order valence-corrected chi connectivity index (χ0v) is 9.98. The molecular weight excluding hydrogens is 202 g/mol. The molecule has 2 heterocycles. The van der Waals surface area contributed by atoms with Crippen LogP contribution in [0.2, 0.25) is 0 Å². The van der Waals surface area contributed by atoms with Crippen LogP contribution >= 0.6 is 0 Å². The lowest BCUT2D eigenvalue weighted by Crippen LogP contribution is -2.37. The number of rotatable bonds is 2. The Morgan fingerprint density at radius 1 is 1.44 bits per heavy atom. The van der Waals surface area contributed by atoms with Gasteiger partial charge in [-0.05, 0) is 32.6 Å². The predicted molar refractivity (Wildman–Crippen MR) is 63.5 cm³/mol. The fourth-order valence-corrected chi connectivity index (χ4v) is 2.28. The quantitative estimate of drug-likeness (QED) is 0.818. The van der Waals surface area contributed by atoms with Gasteiger partial charge in [0.15, 0.2) is 0 Å². The second kappa shape index (κ2) is 4.78. The molecule has 88 valence electrons. The maximum absolute atomic E-state index is 9.21. The van der Waals surface area contributed by atoms with Crippen LogP contribution in [0, 0.1) is 19.8 Å². The molecule has 0 bridgehead atoms. The van der Waals surface area contributed by atoms with Gasteiger partial charge >= 0.3 is 0 Å². The van der Waals surface area contributed by atoms with E-state index in [9.17, 15) is 5.11 Å². The van der Waals surface area contributed by atoms with Crippen LogP contribution < -0.4 is 4.90 Å². The summed E-state index contributed by atoms with van der Waals surface area (Å²) in [6, 6.07) is 2.02. The lowest BCUT2D eigenvalue weighted by atomic mass is 9.99. The van der Waals surface area contributed by atoms with E-state index in [1.165, 1.54) is 0 Å². The number of nitrogens with zero attached hydrogens (tertiary/aromatic N) is 3. The van der Waals surface area contributed by atoms with E-state index in [-0.39, 0.29) is 6.61 Å². The minimum atomic E-state index is 0.277. The van der Waals surface area contributed by atoms with Crippen LogP contribution in [-0.4, -0.2) is 34.8 Å². The average molecular weight is 221 g/mol. The molecule has 1 aromatic heterocycles. The van der Waals surface area contributed by atoms with Gasteiger partial charge in [0, 0.05) is 31.5 Å². The second-order valence-electron chi connectivity index (χ2n) is 4.55. The molecule has 0 amide bonds. The number of anilines is 1. The van der Waals surface area contributed by atoms with Crippen LogP contribution in [0.3, 0.4) is 0 Å². The van der Waals surface area contributed by atoms with Gasteiger partial charge in [0.2, 0.25) is 0 Å². The van der Waals surface area contributed by atoms with E-state index in [4.69, 9.17) is 0 Å². The molecule has 0 radical (unpaired) electrons. The number of aliphatic hydroxyl groups excluding tert-OH is 1. The highest BCUT2D eigenvalue weighted by Crippen LogP contribution is 2.21. The minimum Gasteiger partial charge on any atom is -0.396 e. The Labute approximate surface area is 96.3 Å². The first kappa shape index (κ1) is 11.3. The van der Waals surface area contributed by atoms with Crippen molar-refractivity contribution in [3.05, 3.63) is 17.6 Å². The van der Waals surface area contributed by atoms with Gasteiger partial charge < -0.3 is 10.0 Å². The Morgan fingerprint density at radius 2 is 2.25 bits per heavy atom. The molecule has 16 heavy (non-hydrogen) atoms. The zero-order valence-electron chi connectivity index (χ0n) is 9.98. The van der Waals surface area contributed by atoms with E-state index in [2.05, 4.69) is 14.9 Å². The van der Waals surface area contributed by atoms with Crippen LogP contribution in [0.5, 0.6) is 0 Å². The number of aromatic nitrogens is 2. The Kier molecular flexibility index (Phi) is 3.39. The topological polar surface area (TPSA) is 49.2 Å². The first-order valence-corrected chi connectivity index (χ1v) is 5.87. The summed E-state index contributed by atoms with van der Waals surface area (Å²) in [5.74, 6) is 2.22. The maximum Gasteiger partial charge on any atom is 0.132 e.